The van der Waals surface area contributed by atoms with Crippen LogP contribution in [0.25, 0.3) is 0 Å². The molecule has 0 aromatic heterocycles. The van der Waals surface area contributed by atoms with Crippen molar-refractivity contribution in [3.05, 3.63) is 21.5 Å². The Hall–Kier alpha value is -0.940. The molecule has 0 aromatic rings. The molecule has 2 aliphatic heterocycles. The van der Waals surface area contributed by atoms with Gasteiger partial charge < -0.3 is 10.2 Å². The lowest BCUT2D eigenvalue weighted by atomic mass is 10.1. The number of likely N-dealkylation sites (tertiary alicyclic amines) is 1. The molecule has 0 aromatic carbocycles. The number of piperidine rings is 1. The number of rotatable bonds is 3. The van der Waals surface area contributed by atoms with Crippen LogP contribution in [0.5, 0.6) is 0 Å². The summed E-state index contributed by atoms with van der Waals surface area (Å²) < 4.78 is 0. The molecule has 5 nitrogen and oxygen atoms in total. The van der Waals surface area contributed by atoms with Gasteiger partial charge in [-0.15, -0.1) is 0 Å². The van der Waals surface area contributed by atoms with Crippen LogP contribution in [0.1, 0.15) is 44.9 Å². The van der Waals surface area contributed by atoms with E-state index in [1.807, 2.05) is 0 Å². The SMILES string of the molecule is O=[N+]([O-])/C(C[NH+]1CCCCC1)=C1/CCCCC[NH2+]1. The Balaban J connectivity index is 2.05. The molecule has 0 saturated carbocycles. The maximum atomic E-state index is 11.3. The van der Waals surface area contributed by atoms with E-state index in [-0.39, 0.29) is 4.92 Å². The second kappa shape index (κ2) is 6.85. The van der Waals surface area contributed by atoms with Crippen molar-refractivity contribution in [2.24, 2.45) is 0 Å². The molecule has 0 unspecified atom stereocenters. The summed E-state index contributed by atoms with van der Waals surface area (Å²) in [5.41, 5.74) is 1.52. The second-order valence-corrected chi connectivity index (χ2v) is 5.52. The highest BCUT2D eigenvalue weighted by molar-refractivity contribution is 4.99. The van der Waals surface area contributed by atoms with Crippen LogP contribution >= 0.6 is 0 Å². The first kappa shape index (κ1) is 13.5. The zero-order valence-corrected chi connectivity index (χ0v) is 11.1. The van der Waals surface area contributed by atoms with Gasteiger partial charge in [0.05, 0.1) is 24.6 Å². The average Bonchev–Trinajstić information content (AvgIpc) is 2.65. The monoisotopic (exact) mass is 255 g/mol. The Labute approximate surface area is 108 Å². The maximum Gasteiger partial charge on any atom is 0.355 e. The third kappa shape index (κ3) is 3.78. The maximum absolute atomic E-state index is 11.3. The van der Waals surface area contributed by atoms with Gasteiger partial charge in [0.1, 0.15) is 0 Å². The number of nitrogens with zero attached hydrogens (tertiary/aromatic N) is 1. The van der Waals surface area contributed by atoms with Gasteiger partial charge in [0.25, 0.3) is 0 Å². The fraction of sp³-hybridized carbons (Fsp3) is 0.846. The van der Waals surface area contributed by atoms with E-state index in [0.29, 0.717) is 12.2 Å². The van der Waals surface area contributed by atoms with Crippen molar-refractivity contribution in [2.45, 2.75) is 44.9 Å². The van der Waals surface area contributed by atoms with E-state index in [9.17, 15) is 10.1 Å². The van der Waals surface area contributed by atoms with Crippen molar-refractivity contribution in [3.63, 3.8) is 0 Å². The highest BCUT2D eigenvalue weighted by Gasteiger charge is 2.29. The zero-order valence-electron chi connectivity index (χ0n) is 11.1. The molecule has 102 valence electrons. The van der Waals surface area contributed by atoms with Crippen LogP contribution in [0.15, 0.2) is 11.4 Å². The lowest BCUT2D eigenvalue weighted by molar-refractivity contribution is -0.905. The van der Waals surface area contributed by atoms with Crippen molar-refractivity contribution in [1.29, 1.82) is 0 Å². The fourth-order valence-electron chi connectivity index (χ4n) is 3.04. The topological polar surface area (TPSA) is 64.2 Å². The van der Waals surface area contributed by atoms with Gasteiger partial charge >= 0.3 is 5.70 Å². The summed E-state index contributed by atoms with van der Waals surface area (Å²) in [4.78, 5) is 12.6. The number of hydrogen-bond donors (Lipinski definition) is 2. The number of quaternary nitrogens is 2. The third-order valence-electron chi connectivity index (χ3n) is 4.11. The smallest absolute Gasteiger partial charge is 0.326 e. The van der Waals surface area contributed by atoms with Crippen molar-refractivity contribution in [3.8, 4) is 0 Å². The van der Waals surface area contributed by atoms with Crippen LogP contribution in [0.3, 0.4) is 0 Å². The number of nitrogens with two attached hydrogens (primary N) is 1. The van der Waals surface area contributed by atoms with E-state index >= 15 is 0 Å². The van der Waals surface area contributed by atoms with Gasteiger partial charge in [-0.3, -0.25) is 10.1 Å². The van der Waals surface area contributed by atoms with E-state index in [2.05, 4.69) is 5.32 Å². The van der Waals surface area contributed by atoms with Crippen LogP contribution in [0.4, 0.5) is 0 Å². The normalized spacial score (nSPS) is 25.6. The van der Waals surface area contributed by atoms with Crippen LogP contribution in [-0.2, 0) is 0 Å². The summed E-state index contributed by atoms with van der Waals surface area (Å²) in [6.45, 7) is 3.84. The van der Waals surface area contributed by atoms with Gasteiger partial charge in [0.15, 0.2) is 12.2 Å². The molecule has 18 heavy (non-hydrogen) atoms. The van der Waals surface area contributed by atoms with Gasteiger partial charge in [-0.2, -0.15) is 0 Å². The van der Waals surface area contributed by atoms with Gasteiger partial charge in [0, 0.05) is 6.42 Å². The Morgan fingerprint density at radius 2 is 1.89 bits per heavy atom. The second-order valence-electron chi connectivity index (χ2n) is 5.52. The molecule has 2 aliphatic rings. The standard InChI is InChI=1S/C13H23N3O2/c17-16(18)13(11-15-9-5-2-6-10-15)12-7-3-1-4-8-14-12/h14H,1-11H2/p+2/b13-12-. The van der Waals surface area contributed by atoms with Crippen LogP contribution in [0.2, 0.25) is 0 Å². The lowest BCUT2D eigenvalue weighted by Gasteiger charge is -2.22. The van der Waals surface area contributed by atoms with Crippen LogP contribution in [-0.4, -0.2) is 31.1 Å². The summed E-state index contributed by atoms with van der Waals surface area (Å²) in [5, 5.41) is 13.4. The predicted molar refractivity (Wildman–Crippen MR) is 68.7 cm³/mol. The van der Waals surface area contributed by atoms with Gasteiger partial charge in [-0.05, 0) is 38.5 Å². The van der Waals surface area contributed by atoms with Gasteiger partial charge in [-0.25, -0.2) is 0 Å². The summed E-state index contributed by atoms with van der Waals surface area (Å²) in [5.74, 6) is 0. The molecule has 5 heteroatoms. The van der Waals surface area contributed by atoms with E-state index in [1.54, 1.807) is 0 Å². The van der Waals surface area contributed by atoms with E-state index in [0.717, 1.165) is 38.2 Å². The lowest BCUT2D eigenvalue weighted by Crippen LogP contribution is -3.13. The van der Waals surface area contributed by atoms with Gasteiger partial charge in [0.2, 0.25) is 0 Å². The van der Waals surface area contributed by atoms with Crippen molar-refractivity contribution in [2.75, 3.05) is 26.2 Å². The Bertz CT molecular complexity index is 312. The van der Waals surface area contributed by atoms with E-state index < -0.39 is 0 Å². The molecule has 2 fully saturated rings. The van der Waals surface area contributed by atoms with Crippen LogP contribution < -0.4 is 10.2 Å². The van der Waals surface area contributed by atoms with Crippen molar-refractivity contribution >= 4 is 0 Å². The third-order valence-corrected chi connectivity index (χ3v) is 4.11. The highest BCUT2D eigenvalue weighted by Crippen LogP contribution is 2.10. The first-order chi connectivity index (χ1) is 8.77. The molecule has 0 radical (unpaired) electrons. The molecule has 3 N–H and O–H groups in total. The molecular formula is C13H25N3O2+2. The summed E-state index contributed by atoms with van der Waals surface area (Å²) in [6.07, 6.45) is 8.15. The fourth-order valence-corrected chi connectivity index (χ4v) is 3.04. The first-order valence-electron chi connectivity index (χ1n) is 7.30. The number of nitro groups is 1. The summed E-state index contributed by atoms with van der Waals surface area (Å²) >= 11 is 0. The van der Waals surface area contributed by atoms with Crippen molar-refractivity contribution in [1.82, 2.24) is 0 Å². The molecule has 0 bridgehead atoms. The molecule has 0 aliphatic carbocycles. The first-order valence-corrected chi connectivity index (χ1v) is 7.30. The molecule has 0 atom stereocenters. The predicted octanol–water partition coefficient (Wildman–Crippen LogP) is -0.319. The quantitative estimate of drug-likeness (QED) is 0.536. The van der Waals surface area contributed by atoms with Gasteiger partial charge in [-0.1, -0.05) is 0 Å². The molecular weight excluding hydrogens is 230 g/mol. The van der Waals surface area contributed by atoms with Crippen molar-refractivity contribution < 1.29 is 15.1 Å². The average molecular weight is 255 g/mol. The largest absolute Gasteiger partial charge is 0.355 e. The minimum Gasteiger partial charge on any atom is -0.326 e. The molecule has 0 spiro atoms. The Kier molecular flexibility index (Phi) is 5.13. The number of allylic oxidation sites excluding steroid dienone is 1. The molecule has 0 amide bonds. The zero-order chi connectivity index (χ0) is 12.8. The van der Waals surface area contributed by atoms with E-state index in [4.69, 9.17) is 0 Å². The minimum atomic E-state index is -0.126. The molecule has 2 heterocycles. The summed E-state index contributed by atoms with van der Waals surface area (Å²) in [7, 11) is 0. The van der Waals surface area contributed by atoms with Crippen LogP contribution in [0, 0.1) is 10.1 Å². The number of nitrogens with one attached hydrogen (secondary N) is 1. The Morgan fingerprint density at radius 3 is 2.61 bits per heavy atom. The number of hydrogen-bond acceptors (Lipinski definition) is 2. The minimum absolute atomic E-state index is 0.126. The molecule has 2 rings (SSSR count). The summed E-state index contributed by atoms with van der Waals surface area (Å²) in [6, 6.07) is 0. The highest BCUT2D eigenvalue weighted by atomic mass is 16.6. The molecule has 2 saturated heterocycles. The Morgan fingerprint density at radius 1 is 1.17 bits per heavy atom. The van der Waals surface area contributed by atoms with E-state index in [1.165, 1.54) is 37.0 Å².